The van der Waals surface area contributed by atoms with Crippen LogP contribution in [-0.2, 0) is 25.1 Å². The summed E-state index contributed by atoms with van der Waals surface area (Å²) in [7, 11) is 2.22. The highest BCUT2D eigenvalue weighted by molar-refractivity contribution is 7.09. The van der Waals surface area contributed by atoms with Gasteiger partial charge in [-0.05, 0) is 63.4 Å². The molecule has 0 aliphatic carbocycles. The largest absolute Gasteiger partial charge is 0.383 e. The van der Waals surface area contributed by atoms with E-state index in [1.165, 1.54) is 37.1 Å². The van der Waals surface area contributed by atoms with Gasteiger partial charge in [0.05, 0.1) is 12.2 Å². The van der Waals surface area contributed by atoms with Crippen molar-refractivity contribution in [3.63, 3.8) is 0 Å². The molecule has 0 amide bonds. The van der Waals surface area contributed by atoms with Gasteiger partial charge in [0.15, 0.2) is 0 Å². The summed E-state index contributed by atoms with van der Waals surface area (Å²) in [6.07, 6.45) is 5.24. The van der Waals surface area contributed by atoms with E-state index in [-0.39, 0.29) is 0 Å². The molecule has 4 heterocycles. The molecule has 1 aromatic heterocycles. The average Bonchev–Trinajstić information content (AvgIpc) is 3.24. The molecule has 3 aliphatic heterocycles. The number of likely N-dealkylation sites (tertiary alicyclic amines) is 2. The van der Waals surface area contributed by atoms with Gasteiger partial charge in [0.1, 0.15) is 10.6 Å². The van der Waals surface area contributed by atoms with E-state index in [9.17, 15) is 5.11 Å². The standard InChI is InChI=1S/C24H34N4OS/c1-26-11-7-21(8-12-26)28-14-9-24(29,10-15-28)22-18-30-23(25-22)17-27-13-6-19-4-2-3-5-20(19)16-27/h2-5,18,21,29H,6-17H2,1H3. The molecule has 0 atom stereocenters. The van der Waals surface area contributed by atoms with Crippen LogP contribution in [0.1, 0.15) is 47.5 Å². The first-order valence-corrected chi connectivity index (χ1v) is 12.4. The second-order valence-corrected chi connectivity index (χ2v) is 10.4. The van der Waals surface area contributed by atoms with E-state index in [4.69, 9.17) is 4.98 Å². The third-order valence-electron chi connectivity index (χ3n) is 7.43. The van der Waals surface area contributed by atoms with Gasteiger partial charge in [-0.15, -0.1) is 11.3 Å². The summed E-state index contributed by atoms with van der Waals surface area (Å²) in [6, 6.07) is 9.47. The molecule has 0 radical (unpaired) electrons. The van der Waals surface area contributed by atoms with Crippen LogP contribution in [0.5, 0.6) is 0 Å². The Hall–Kier alpha value is -1.31. The lowest BCUT2D eigenvalue weighted by Gasteiger charge is -2.43. The van der Waals surface area contributed by atoms with Crippen molar-refractivity contribution in [3.05, 3.63) is 51.5 Å². The van der Waals surface area contributed by atoms with Crippen LogP contribution in [-0.4, -0.2) is 70.6 Å². The van der Waals surface area contributed by atoms with Crippen LogP contribution in [0.25, 0.3) is 0 Å². The highest BCUT2D eigenvalue weighted by Crippen LogP contribution is 2.35. The Morgan fingerprint density at radius 3 is 2.57 bits per heavy atom. The number of hydrogen-bond donors (Lipinski definition) is 1. The fraction of sp³-hybridized carbons (Fsp3) is 0.625. The molecule has 0 spiro atoms. The van der Waals surface area contributed by atoms with E-state index in [0.717, 1.165) is 62.7 Å². The van der Waals surface area contributed by atoms with Crippen molar-refractivity contribution >= 4 is 11.3 Å². The molecule has 6 heteroatoms. The summed E-state index contributed by atoms with van der Waals surface area (Å²) in [5, 5.41) is 14.6. The zero-order valence-corrected chi connectivity index (χ0v) is 18.9. The van der Waals surface area contributed by atoms with Crippen molar-refractivity contribution in [2.24, 2.45) is 0 Å². The smallest absolute Gasteiger partial charge is 0.110 e. The molecule has 3 aliphatic rings. The van der Waals surface area contributed by atoms with E-state index in [1.807, 2.05) is 0 Å². The Morgan fingerprint density at radius 2 is 1.80 bits per heavy atom. The minimum atomic E-state index is -0.745. The highest BCUT2D eigenvalue weighted by Gasteiger charge is 2.38. The van der Waals surface area contributed by atoms with Crippen molar-refractivity contribution < 1.29 is 5.11 Å². The van der Waals surface area contributed by atoms with Gasteiger partial charge in [0.2, 0.25) is 0 Å². The molecular formula is C24H34N4OS. The van der Waals surface area contributed by atoms with Crippen molar-refractivity contribution in [1.82, 2.24) is 19.7 Å². The molecule has 30 heavy (non-hydrogen) atoms. The summed E-state index contributed by atoms with van der Waals surface area (Å²) in [5.41, 5.74) is 3.09. The zero-order valence-electron chi connectivity index (χ0n) is 18.1. The predicted octanol–water partition coefficient (Wildman–Crippen LogP) is 3.08. The lowest BCUT2D eigenvalue weighted by Crippen LogP contribution is -2.50. The van der Waals surface area contributed by atoms with Crippen LogP contribution >= 0.6 is 11.3 Å². The molecule has 0 saturated carbocycles. The van der Waals surface area contributed by atoms with Gasteiger partial charge < -0.3 is 14.9 Å². The van der Waals surface area contributed by atoms with E-state index >= 15 is 0 Å². The van der Waals surface area contributed by atoms with Crippen molar-refractivity contribution in [3.8, 4) is 0 Å². The first-order chi connectivity index (χ1) is 14.6. The maximum Gasteiger partial charge on any atom is 0.110 e. The van der Waals surface area contributed by atoms with Gasteiger partial charge >= 0.3 is 0 Å². The van der Waals surface area contributed by atoms with E-state index in [2.05, 4.69) is 51.4 Å². The first kappa shape index (κ1) is 20.6. The van der Waals surface area contributed by atoms with Crippen LogP contribution in [0.2, 0.25) is 0 Å². The number of aromatic nitrogens is 1. The second kappa shape index (κ2) is 8.67. The Bertz CT molecular complexity index is 852. The van der Waals surface area contributed by atoms with Crippen molar-refractivity contribution in [2.45, 2.75) is 56.8 Å². The molecule has 162 valence electrons. The number of aliphatic hydroxyl groups is 1. The minimum Gasteiger partial charge on any atom is -0.383 e. The minimum absolute atomic E-state index is 0.693. The molecule has 2 aromatic rings. The molecular weight excluding hydrogens is 392 g/mol. The number of piperidine rings is 2. The van der Waals surface area contributed by atoms with Crippen LogP contribution in [0.3, 0.4) is 0 Å². The topological polar surface area (TPSA) is 42.8 Å². The SMILES string of the molecule is CN1CCC(N2CCC(O)(c3csc(CN4CCc5ccccc5C4)n3)CC2)CC1. The molecule has 2 saturated heterocycles. The van der Waals surface area contributed by atoms with Crippen LogP contribution < -0.4 is 0 Å². The molecule has 1 aromatic carbocycles. The quantitative estimate of drug-likeness (QED) is 0.814. The molecule has 0 unspecified atom stereocenters. The number of nitrogens with zero attached hydrogens (tertiary/aromatic N) is 4. The third kappa shape index (κ3) is 4.34. The van der Waals surface area contributed by atoms with Gasteiger partial charge in [-0.3, -0.25) is 4.90 Å². The summed E-state index contributed by atoms with van der Waals surface area (Å²) >= 11 is 1.71. The van der Waals surface area contributed by atoms with Crippen LogP contribution in [0.15, 0.2) is 29.6 Å². The van der Waals surface area contributed by atoms with Gasteiger partial charge in [-0.25, -0.2) is 4.98 Å². The lowest BCUT2D eigenvalue weighted by atomic mass is 9.87. The molecule has 5 nitrogen and oxygen atoms in total. The highest BCUT2D eigenvalue weighted by atomic mass is 32.1. The van der Waals surface area contributed by atoms with Gasteiger partial charge in [0.25, 0.3) is 0 Å². The monoisotopic (exact) mass is 426 g/mol. The Balaban J connectivity index is 1.18. The number of thiazole rings is 1. The summed E-state index contributed by atoms with van der Waals surface area (Å²) in [5.74, 6) is 0. The fourth-order valence-corrected chi connectivity index (χ4v) is 6.28. The van der Waals surface area contributed by atoms with E-state index in [0.29, 0.717) is 6.04 Å². The summed E-state index contributed by atoms with van der Waals surface area (Å²) in [4.78, 5) is 12.4. The fourth-order valence-electron chi connectivity index (χ4n) is 5.35. The van der Waals surface area contributed by atoms with Crippen LogP contribution in [0.4, 0.5) is 0 Å². The molecule has 0 bridgehead atoms. The third-order valence-corrected chi connectivity index (χ3v) is 8.26. The molecule has 2 fully saturated rings. The molecule has 1 N–H and O–H groups in total. The Morgan fingerprint density at radius 1 is 1.07 bits per heavy atom. The summed E-state index contributed by atoms with van der Waals surface area (Å²) in [6.45, 7) is 7.34. The Labute approximate surface area is 184 Å². The van der Waals surface area contributed by atoms with Crippen molar-refractivity contribution in [1.29, 1.82) is 0 Å². The normalized spacial score (nSPS) is 24.1. The zero-order chi connectivity index (χ0) is 20.6. The van der Waals surface area contributed by atoms with Gasteiger partial charge in [-0.1, -0.05) is 24.3 Å². The average molecular weight is 427 g/mol. The first-order valence-electron chi connectivity index (χ1n) is 11.5. The number of rotatable bonds is 4. The van der Waals surface area contributed by atoms with Gasteiger partial charge in [0, 0.05) is 37.6 Å². The summed E-state index contributed by atoms with van der Waals surface area (Å²) < 4.78 is 0. The van der Waals surface area contributed by atoms with Crippen LogP contribution in [0, 0.1) is 0 Å². The van der Waals surface area contributed by atoms with Gasteiger partial charge in [-0.2, -0.15) is 0 Å². The Kier molecular flexibility index (Phi) is 5.95. The van der Waals surface area contributed by atoms with E-state index in [1.54, 1.807) is 11.3 Å². The lowest BCUT2D eigenvalue weighted by molar-refractivity contribution is -0.0440. The maximum atomic E-state index is 11.3. The number of fused-ring (bicyclic) bond motifs is 1. The molecule has 5 rings (SSSR count). The maximum absolute atomic E-state index is 11.3. The number of benzene rings is 1. The predicted molar refractivity (Wildman–Crippen MR) is 122 cm³/mol. The second-order valence-electron chi connectivity index (χ2n) is 9.46. The number of hydrogen-bond acceptors (Lipinski definition) is 6. The van der Waals surface area contributed by atoms with Crippen molar-refractivity contribution in [2.75, 3.05) is 39.8 Å². The van der Waals surface area contributed by atoms with E-state index < -0.39 is 5.60 Å².